The van der Waals surface area contributed by atoms with Gasteiger partial charge in [-0.3, -0.25) is 0 Å². The highest BCUT2D eigenvalue weighted by atomic mass is 19.1. The first kappa shape index (κ1) is 30.2. The fourth-order valence-electron chi connectivity index (χ4n) is 6.37. The number of halogens is 1. The van der Waals surface area contributed by atoms with Crippen molar-refractivity contribution in [3.63, 3.8) is 0 Å². The number of carbonyl (C=O) groups is 1. The average Bonchev–Trinajstić information content (AvgIpc) is 3.62. The number of ether oxygens (including phenoxy) is 1. The van der Waals surface area contributed by atoms with E-state index in [0.717, 1.165) is 54.6 Å². The van der Waals surface area contributed by atoms with Gasteiger partial charge in [-0.1, -0.05) is 38.1 Å². The van der Waals surface area contributed by atoms with E-state index in [9.17, 15) is 9.90 Å². The van der Waals surface area contributed by atoms with E-state index in [4.69, 9.17) is 4.74 Å². The molecule has 2 amide bonds. The summed E-state index contributed by atoms with van der Waals surface area (Å²) in [6.07, 6.45) is 4.12. The highest BCUT2D eigenvalue weighted by molar-refractivity contribution is 5.97. The Morgan fingerprint density at radius 2 is 1.91 bits per heavy atom. The molecule has 232 valence electrons. The van der Waals surface area contributed by atoms with Gasteiger partial charge in [-0.05, 0) is 80.1 Å². The van der Waals surface area contributed by atoms with Crippen LogP contribution in [0.15, 0.2) is 48.8 Å². The topological polar surface area (TPSA) is 115 Å². The minimum Gasteiger partial charge on any atom is -0.391 e. The van der Waals surface area contributed by atoms with E-state index < -0.39 is 11.9 Å². The van der Waals surface area contributed by atoms with Crippen LogP contribution in [0, 0.1) is 24.6 Å². The Labute approximate surface area is 257 Å². The molecule has 44 heavy (non-hydrogen) atoms. The highest BCUT2D eigenvalue weighted by Gasteiger charge is 2.34. The molecule has 0 unspecified atom stereocenters. The first-order valence-electron chi connectivity index (χ1n) is 15.5. The summed E-state index contributed by atoms with van der Waals surface area (Å²) < 4.78 is 21.1. The van der Waals surface area contributed by atoms with Crippen LogP contribution in [-0.2, 0) is 11.3 Å². The van der Waals surface area contributed by atoms with Gasteiger partial charge in [0.05, 0.1) is 24.5 Å². The van der Waals surface area contributed by atoms with E-state index in [-0.39, 0.29) is 18.5 Å². The van der Waals surface area contributed by atoms with E-state index >= 15 is 4.39 Å². The Bertz CT molecular complexity index is 1620. The number of β-amino-alcohol motifs (C(OH)–C–C–N with tert-alkyl or cyclic N) is 1. The molecule has 2 atom stereocenters. The van der Waals surface area contributed by atoms with Crippen molar-refractivity contribution in [2.75, 3.05) is 31.5 Å². The highest BCUT2D eigenvalue weighted by Crippen LogP contribution is 2.35. The molecule has 10 heteroatoms. The molecule has 6 rings (SSSR count). The Morgan fingerprint density at radius 1 is 1.14 bits per heavy atom. The van der Waals surface area contributed by atoms with Crippen LogP contribution in [0.4, 0.5) is 14.9 Å². The van der Waals surface area contributed by atoms with Gasteiger partial charge in [0.15, 0.2) is 0 Å². The van der Waals surface area contributed by atoms with Crippen LogP contribution >= 0.6 is 0 Å². The van der Waals surface area contributed by atoms with E-state index in [0.29, 0.717) is 53.3 Å². The standard InChI is InChI=1S/C34H41FN6O3/c1-20(2)12-24-16-41(17-31(24)42)34(43)40-29-14-25(35)13-27(21(29)3)32-28-15-30(39-33(28)38-19-37-32)23-6-4-22(5-7-23)18-44-26-8-10-36-11-9-26/h4-7,13-15,19-20,24,26,31,36,42H,8-12,16-18H2,1-3H3,(H,40,43)(H,37,38,39)/t24-,31+/m1/s1. The van der Waals surface area contributed by atoms with Gasteiger partial charge in [0.2, 0.25) is 0 Å². The number of benzene rings is 2. The Hall–Kier alpha value is -3.86. The van der Waals surface area contributed by atoms with Crippen molar-refractivity contribution in [3.8, 4) is 22.5 Å². The monoisotopic (exact) mass is 600 g/mol. The SMILES string of the molecule is Cc1c(NC(=O)N2C[C@@H](CC(C)C)[C@@H](O)C2)cc(F)cc1-c1ncnc2[nH]c(-c3ccc(COC4CCNCC4)cc3)cc12. The Kier molecular flexibility index (Phi) is 8.93. The maximum absolute atomic E-state index is 15.0. The lowest BCUT2D eigenvalue weighted by Gasteiger charge is -2.22. The van der Waals surface area contributed by atoms with Crippen molar-refractivity contribution in [2.24, 2.45) is 11.8 Å². The van der Waals surface area contributed by atoms with Gasteiger partial charge in [-0.2, -0.15) is 0 Å². The number of urea groups is 1. The van der Waals surface area contributed by atoms with Crippen LogP contribution in [0.25, 0.3) is 33.5 Å². The molecule has 2 aromatic carbocycles. The smallest absolute Gasteiger partial charge is 0.321 e. The molecule has 2 fully saturated rings. The molecule has 2 aliphatic heterocycles. The summed E-state index contributed by atoms with van der Waals surface area (Å²) in [7, 11) is 0. The second-order valence-electron chi connectivity index (χ2n) is 12.5. The number of carbonyl (C=O) groups excluding carboxylic acids is 1. The molecule has 4 aromatic rings. The molecule has 0 radical (unpaired) electrons. The van der Waals surface area contributed by atoms with Crippen molar-refractivity contribution >= 4 is 22.8 Å². The van der Waals surface area contributed by atoms with Crippen molar-refractivity contribution in [1.82, 2.24) is 25.2 Å². The maximum atomic E-state index is 15.0. The minimum absolute atomic E-state index is 0.0332. The number of hydrogen-bond acceptors (Lipinski definition) is 6. The van der Waals surface area contributed by atoms with Gasteiger partial charge in [-0.15, -0.1) is 0 Å². The number of fused-ring (bicyclic) bond motifs is 1. The van der Waals surface area contributed by atoms with E-state index in [1.807, 2.05) is 13.0 Å². The molecule has 2 aromatic heterocycles. The van der Waals surface area contributed by atoms with Gasteiger partial charge in [0.25, 0.3) is 0 Å². The molecule has 2 saturated heterocycles. The molecule has 2 aliphatic rings. The number of aliphatic hydroxyl groups excluding tert-OH is 1. The predicted molar refractivity (Wildman–Crippen MR) is 170 cm³/mol. The zero-order valence-corrected chi connectivity index (χ0v) is 25.6. The molecular weight excluding hydrogens is 559 g/mol. The molecule has 0 aliphatic carbocycles. The largest absolute Gasteiger partial charge is 0.391 e. The Balaban J connectivity index is 1.21. The quantitative estimate of drug-likeness (QED) is 0.201. The Morgan fingerprint density at radius 3 is 2.66 bits per heavy atom. The van der Waals surface area contributed by atoms with E-state index in [2.05, 4.69) is 63.7 Å². The molecule has 4 heterocycles. The average molecular weight is 601 g/mol. The number of rotatable bonds is 8. The van der Waals surface area contributed by atoms with Crippen molar-refractivity contribution in [3.05, 3.63) is 65.7 Å². The number of anilines is 1. The summed E-state index contributed by atoms with van der Waals surface area (Å²) >= 11 is 0. The lowest BCUT2D eigenvalue weighted by molar-refractivity contribution is 0.0212. The lowest BCUT2D eigenvalue weighted by atomic mass is 9.95. The lowest BCUT2D eigenvalue weighted by Crippen LogP contribution is -2.34. The first-order chi connectivity index (χ1) is 21.2. The zero-order chi connectivity index (χ0) is 30.8. The summed E-state index contributed by atoms with van der Waals surface area (Å²) in [6.45, 7) is 9.37. The number of aromatic nitrogens is 3. The number of likely N-dealkylation sites (tertiary alicyclic amines) is 1. The van der Waals surface area contributed by atoms with Gasteiger partial charge >= 0.3 is 6.03 Å². The normalized spacial score (nSPS) is 19.3. The maximum Gasteiger partial charge on any atom is 0.321 e. The van der Waals surface area contributed by atoms with E-state index in [1.54, 1.807) is 4.90 Å². The van der Waals surface area contributed by atoms with Crippen molar-refractivity contribution in [1.29, 1.82) is 0 Å². The number of aliphatic hydroxyl groups is 1. The predicted octanol–water partition coefficient (Wildman–Crippen LogP) is 5.88. The van der Waals surface area contributed by atoms with Crippen LogP contribution < -0.4 is 10.6 Å². The van der Waals surface area contributed by atoms with Crippen molar-refractivity contribution in [2.45, 2.75) is 58.8 Å². The minimum atomic E-state index is -0.562. The summed E-state index contributed by atoms with van der Waals surface area (Å²) in [6, 6.07) is 12.7. The number of nitrogens with zero attached hydrogens (tertiary/aromatic N) is 3. The van der Waals surface area contributed by atoms with Crippen LogP contribution in [0.2, 0.25) is 0 Å². The number of H-pyrrole nitrogens is 1. The van der Waals surface area contributed by atoms with Crippen LogP contribution in [0.5, 0.6) is 0 Å². The first-order valence-corrected chi connectivity index (χ1v) is 15.5. The second kappa shape index (κ2) is 13.0. The summed E-state index contributed by atoms with van der Waals surface area (Å²) in [5.74, 6) is -0.0249. The van der Waals surface area contributed by atoms with Crippen LogP contribution in [0.1, 0.15) is 44.2 Å². The van der Waals surface area contributed by atoms with Gasteiger partial charge in [-0.25, -0.2) is 19.2 Å². The molecule has 4 N–H and O–H groups in total. The molecule has 0 saturated carbocycles. The molecule has 9 nitrogen and oxygen atoms in total. The third-order valence-corrected chi connectivity index (χ3v) is 8.80. The number of hydrogen-bond donors (Lipinski definition) is 4. The zero-order valence-electron chi connectivity index (χ0n) is 25.6. The summed E-state index contributed by atoms with van der Waals surface area (Å²) in [5.41, 5.74) is 5.84. The third-order valence-electron chi connectivity index (χ3n) is 8.80. The van der Waals surface area contributed by atoms with Crippen LogP contribution in [0.3, 0.4) is 0 Å². The fraction of sp³-hybridized carbons (Fsp3) is 0.441. The number of piperidine rings is 1. The fourth-order valence-corrected chi connectivity index (χ4v) is 6.37. The van der Waals surface area contributed by atoms with Gasteiger partial charge in [0, 0.05) is 41.3 Å². The number of nitrogens with one attached hydrogen (secondary N) is 3. The molecular formula is C34H41FN6O3. The second-order valence-corrected chi connectivity index (χ2v) is 12.5. The van der Waals surface area contributed by atoms with E-state index in [1.165, 1.54) is 18.5 Å². The molecule has 0 spiro atoms. The van der Waals surface area contributed by atoms with Crippen molar-refractivity contribution < 1.29 is 19.0 Å². The van der Waals surface area contributed by atoms with Gasteiger partial charge < -0.3 is 30.4 Å². The van der Waals surface area contributed by atoms with Gasteiger partial charge in [0.1, 0.15) is 17.8 Å². The summed E-state index contributed by atoms with van der Waals surface area (Å²) in [5, 5.41) is 17.5. The number of amides is 2. The number of aromatic amines is 1. The van der Waals surface area contributed by atoms with Crippen LogP contribution in [-0.4, -0.2) is 69.4 Å². The summed E-state index contributed by atoms with van der Waals surface area (Å²) in [4.78, 5) is 27.1. The third kappa shape index (κ3) is 6.62. The molecule has 0 bridgehead atoms.